The highest BCUT2D eigenvalue weighted by Crippen LogP contribution is 2.24. The monoisotopic (exact) mass is 387 g/mol. The minimum absolute atomic E-state index is 0.0639. The molecule has 1 saturated heterocycles. The van der Waals surface area contributed by atoms with Gasteiger partial charge in [0.15, 0.2) is 5.17 Å². The molecule has 1 amide bonds. The number of hydrogen-bond acceptors (Lipinski definition) is 5. The number of nitrogens with one attached hydrogen (secondary N) is 1. The molecule has 0 aliphatic carbocycles. The smallest absolute Gasteiger partial charge is 0.239 e. The van der Waals surface area contributed by atoms with E-state index in [1.165, 1.54) is 11.8 Å². The molecule has 7 heteroatoms. The van der Waals surface area contributed by atoms with Crippen molar-refractivity contribution in [2.24, 2.45) is 10.2 Å². The first-order valence-electron chi connectivity index (χ1n) is 8.04. The highest BCUT2D eigenvalue weighted by Gasteiger charge is 2.30. The maximum Gasteiger partial charge on any atom is 0.239 e. The second kappa shape index (κ2) is 8.38. The molecule has 1 N–H and O–H groups in total. The summed E-state index contributed by atoms with van der Waals surface area (Å²) in [6.45, 7) is 1.87. The SMILES string of the molecule is COc1ccc(/C(C)=N/N=C2\NC(=O)[C@H](Cc3cccc(Cl)c3)S2)cc1. The van der Waals surface area contributed by atoms with Gasteiger partial charge in [0.25, 0.3) is 0 Å². The second-order valence-electron chi connectivity index (χ2n) is 5.75. The summed E-state index contributed by atoms with van der Waals surface area (Å²) in [5.41, 5.74) is 2.72. The van der Waals surface area contributed by atoms with Gasteiger partial charge >= 0.3 is 0 Å². The summed E-state index contributed by atoms with van der Waals surface area (Å²) in [5.74, 6) is 0.723. The van der Waals surface area contributed by atoms with Gasteiger partial charge in [-0.1, -0.05) is 35.5 Å². The fraction of sp³-hybridized carbons (Fsp3) is 0.211. The van der Waals surface area contributed by atoms with Crippen molar-refractivity contribution < 1.29 is 9.53 Å². The van der Waals surface area contributed by atoms with Crippen molar-refractivity contribution in [3.05, 3.63) is 64.7 Å². The molecule has 1 atom stereocenters. The molecule has 0 spiro atoms. The fourth-order valence-electron chi connectivity index (χ4n) is 2.47. The van der Waals surface area contributed by atoms with Crippen molar-refractivity contribution >= 4 is 40.1 Å². The van der Waals surface area contributed by atoms with Gasteiger partial charge in [-0.05, 0) is 60.9 Å². The predicted octanol–water partition coefficient (Wildman–Crippen LogP) is 3.90. The van der Waals surface area contributed by atoms with E-state index < -0.39 is 0 Å². The largest absolute Gasteiger partial charge is 0.497 e. The Morgan fingerprint density at radius 2 is 2.04 bits per heavy atom. The zero-order valence-corrected chi connectivity index (χ0v) is 16.0. The van der Waals surface area contributed by atoms with E-state index >= 15 is 0 Å². The van der Waals surface area contributed by atoms with Crippen LogP contribution in [-0.2, 0) is 11.2 Å². The van der Waals surface area contributed by atoms with Crippen LogP contribution in [0.3, 0.4) is 0 Å². The molecular formula is C19H18ClN3O2S. The Morgan fingerprint density at radius 3 is 2.73 bits per heavy atom. The maximum absolute atomic E-state index is 12.2. The molecule has 0 radical (unpaired) electrons. The Balaban J connectivity index is 1.67. The van der Waals surface area contributed by atoms with E-state index in [0.29, 0.717) is 16.6 Å². The topological polar surface area (TPSA) is 63.1 Å². The summed E-state index contributed by atoms with van der Waals surface area (Å²) in [6.07, 6.45) is 0.595. The van der Waals surface area contributed by atoms with Crippen LogP contribution in [0.15, 0.2) is 58.7 Å². The van der Waals surface area contributed by atoms with Gasteiger partial charge in [-0.3, -0.25) is 4.79 Å². The summed E-state index contributed by atoms with van der Waals surface area (Å²) in [5, 5.41) is 12.1. The molecule has 0 aromatic heterocycles. The van der Waals surface area contributed by atoms with Crippen LogP contribution in [0, 0.1) is 0 Å². The van der Waals surface area contributed by atoms with Crippen LogP contribution >= 0.6 is 23.4 Å². The van der Waals surface area contributed by atoms with Gasteiger partial charge in [0.2, 0.25) is 5.91 Å². The summed E-state index contributed by atoms with van der Waals surface area (Å²) in [4.78, 5) is 12.2. The van der Waals surface area contributed by atoms with E-state index in [2.05, 4.69) is 15.5 Å². The van der Waals surface area contributed by atoms with Gasteiger partial charge in [-0.2, -0.15) is 5.10 Å². The van der Waals surface area contributed by atoms with Gasteiger partial charge < -0.3 is 10.1 Å². The minimum atomic E-state index is -0.233. The van der Waals surface area contributed by atoms with Crippen LogP contribution in [0.5, 0.6) is 5.75 Å². The normalized spacial score (nSPS) is 18.9. The molecule has 3 rings (SSSR count). The minimum Gasteiger partial charge on any atom is -0.497 e. The van der Waals surface area contributed by atoms with Crippen LogP contribution in [0.4, 0.5) is 0 Å². The Hall–Kier alpha value is -2.31. The fourth-order valence-corrected chi connectivity index (χ4v) is 3.65. The molecule has 0 bridgehead atoms. The van der Waals surface area contributed by atoms with E-state index in [1.807, 2.05) is 55.5 Å². The van der Waals surface area contributed by atoms with Crippen LogP contribution in [0.1, 0.15) is 18.1 Å². The van der Waals surface area contributed by atoms with E-state index in [4.69, 9.17) is 16.3 Å². The molecular weight excluding hydrogens is 370 g/mol. The molecule has 2 aromatic rings. The number of carbonyl (C=O) groups is 1. The lowest BCUT2D eigenvalue weighted by molar-refractivity contribution is -0.118. The summed E-state index contributed by atoms with van der Waals surface area (Å²) in [6, 6.07) is 15.1. The van der Waals surface area contributed by atoms with Crippen molar-refractivity contribution in [1.29, 1.82) is 0 Å². The molecule has 1 fully saturated rings. The van der Waals surface area contributed by atoms with Gasteiger partial charge in [-0.15, -0.1) is 5.10 Å². The van der Waals surface area contributed by atoms with Gasteiger partial charge in [-0.25, -0.2) is 0 Å². The number of carbonyl (C=O) groups excluding carboxylic acids is 1. The first-order chi connectivity index (χ1) is 12.5. The third kappa shape index (κ3) is 4.65. The first kappa shape index (κ1) is 18.5. The van der Waals surface area contributed by atoms with Crippen LogP contribution in [0.25, 0.3) is 0 Å². The van der Waals surface area contributed by atoms with Crippen molar-refractivity contribution in [2.45, 2.75) is 18.6 Å². The molecule has 0 saturated carbocycles. The van der Waals surface area contributed by atoms with Gasteiger partial charge in [0.1, 0.15) is 5.75 Å². The van der Waals surface area contributed by atoms with E-state index in [9.17, 15) is 4.79 Å². The van der Waals surface area contributed by atoms with Crippen LogP contribution < -0.4 is 10.1 Å². The third-order valence-corrected chi connectivity index (χ3v) is 5.19. The second-order valence-corrected chi connectivity index (χ2v) is 7.38. The molecule has 0 unspecified atom stereocenters. The molecule has 5 nitrogen and oxygen atoms in total. The molecule has 1 aliphatic heterocycles. The highest BCUT2D eigenvalue weighted by molar-refractivity contribution is 8.15. The number of hydrogen-bond donors (Lipinski definition) is 1. The zero-order valence-electron chi connectivity index (χ0n) is 14.4. The van der Waals surface area contributed by atoms with E-state index in [-0.39, 0.29) is 11.2 Å². The number of ether oxygens (including phenoxy) is 1. The average molecular weight is 388 g/mol. The number of halogens is 1. The van der Waals surface area contributed by atoms with Crippen molar-refractivity contribution in [2.75, 3.05) is 7.11 Å². The van der Waals surface area contributed by atoms with Crippen molar-refractivity contribution in [3.63, 3.8) is 0 Å². The quantitative estimate of drug-likeness (QED) is 0.625. The van der Waals surface area contributed by atoms with Crippen molar-refractivity contribution in [3.8, 4) is 5.75 Å². The van der Waals surface area contributed by atoms with Crippen LogP contribution in [-0.4, -0.2) is 29.1 Å². The number of rotatable bonds is 5. The van der Waals surface area contributed by atoms with E-state index in [0.717, 1.165) is 22.6 Å². The Morgan fingerprint density at radius 1 is 1.27 bits per heavy atom. The number of thioether (sulfide) groups is 1. The number of nitrogens with zero attached hydrogens (tertiary/aromatic N) is 2. The van der Waals surface area contributed by atoms with Crippen LogP contribution in [0.2, 0.25) is 5.02 Å². The summed E-state index contributed by atoms with van der Waals surface area (Å²) < 4.78 is 5.14. The average Bonchev–Trinajstić information content (AvgIpc) is 2.99. The van der Waals surface area contributed by atoms with Gasteiger partial charge in [0, 0.05) is 5.02 Å². The molecule has 1 aliphatic rings. The Labute approximate surface area is 161 Å². The standard InChI is InChI=1S/C19H18ClN3O2S/c1-12(14-6-8-16(25-2)9-7-14)22-23-19-21-18(24)17(26-19)11-13-4-3-5-15(20)10-13/h3-10,17H,11H2,1-2H3,(H,21,23,24)/b22-12+/t17-/m0/s1. The lowest BCUT2D eigenvalue weighted by atomic mass is 10.1. The third-order valence-electron chi connectivity index (χ3n) is 3.89. The number of amidine groups is 1. The Kier molecular flexibility index (Phi) is 5.96. The first-order valence-corrected chi connectivity index (χ1v) is 9.29. The highest BCUT2D eigenvalue weighted by atomic mass is 35.5. The molecule has 2 aromatic carbocycles. The maximum atomic E-state index is 12.2. The Bertz CT molecular complexity index is 865. The van der Waals surface area contributed by atoms with Gasteiger partial charge in [0.05, 0.1) is 18.1 Å². The van der Waals surface area contributed by atoms with E-state index in [1.54, 1.807) is 7.11 Å². The van der Waals surface area contributed by atoms with Crippen molar-refractivity contribution in [1.82, 2.24) is 5.32 Å². The molecule has 134 valence electrons. The lowest BCUT2D eigenvalue weighted by Crippen LogP contribution is -2.25. The number of amides is 1. The molecule has 1 heterocycles. The summed E-state index contributed by atoms with van der Waals surface area (Å²) >= 11 is 7.38. The number of methoxy groups -OCH3 is 1. The summed E-state index contributed by atoms with van der Waals surface area (Å²) in [7, 11) is 1.63. The molecule has 26 heavy (non-hydrogen) atoms. The predicted molar refractivity (Wildman–Crippen MR) is 107 cm³/mol. The number of benzene rings is 2. The zero-order chi connectivity index (χ0) is 18.5. The lowest BCUT2D eigenvalue weighted by Gasteiger charge is -2.05.